The predicted octanol–water partition coefficient (Wildman–Crippen LogP) is 3.66. The van der Waals surface area contributed by atoms with Crippen LogP contribution in [-0.4, -0.2) is 19.6 Å². The van der Waals surface area contributed by atoms with Crippen LogP contribution in [0.5, 0.6) is 5.75 Å². The van der Waals surface area contributed by atoms with Gasteiger partial charge in [0.15, 0.2) is 16.8 Å². The van der Waals surface area contributed by atoms with Gasteiger partial charge in [0.05, 0.1) is 23.1 Å². The van der Waals surface area contributed by atoms with Crippen LogP contribution < -0.4 is 15.1 Å². The molecule has 1 aliphatic heterocycles. The summed E-state index contributed by atoms with van der Waals surface area (Å²) in [6.07, 6.45) is 0.428. The summed E-state index contributed by atoms with van der Waals surface area (Å²) in [7, 11) is 1.58. The summed E-state index contributed by atoms with van der Waals surface area (Å²) in [5, 5.41) is 0.712. The highest BCUT2D eigenvalue weighted by molar-refractivity contribution is 6.34. The van der Waals surface area contributed by atoms with E-state index in [1.807, 2.05) is 0 Å². The highest BCUT2D eigenvalue weighted by atomic mass is 35.5. The first-order valence-electron chi connectivity index (χ1n) is 7.80. The van der Waals surface area contributed by atoms with Gasteiger partial charge in [0.2, 0.25) is 0 Å². The Balaban J connectivity index is 1.83. The number of halogens is 1. The van der Waals surface area contributed by atoms with Crippen molar-refractivity contribution in [3.05, 3.63) is 69.0 Å². The lowest BCUT2D eigenvalue weighted by Gasteiger charge is -2.27. The number of carbonyl (C=O) groups is 1. The first-order chi connectivity index (χ1) is 12.1. The molecule has 1 aromatic heterocycles. The number of anilines is 1. The van der Waals surface area contributed by atoms with E-state index in [-0.39, 0.29) is 22.7 Å². The summed E-state index contributed by atoms with van der Waals surface area (Å²) in [6.45, 7) is 0.412. The van der Waals surface area contributed by atoms with Gasteiger partial charge in [-0.1, -0.05) is 17.7 Å². The van der Waals surface area contributed by atoms with E-state index in [4.69, 9.17) is 20.8 Å². The zero-order chi connectivity index (χ0) is 17.6. The van der Waals surface area contributed by atoms with Crippen molar-refractivity contribution in [3.8, 4) is 5.75 Å². The van der Waals surface area contributed by atoms with Gasteiger partial charge in [0.25, 0.3) is 5.91 Å². The lowest BCUT2D eigenvalue weighted by molar-refractivity contribution is 0.0952. The molecular formula is C19H14ClNO4. The predicted molar refractivity (Wildman–Crippen MR) is 95.9 cm³/mol. The number of amides is 1. The Morgan fingerprint density at radius 3 is 2.60 bits per heavy atom. The third-order valence-corrected chi connectivity index (χ3v) is 4.67. The number of rotatable bonds is 2. The van der Waals surface area contributed by atoms with Gasteiger partial charge in [0.1, 0.15) is 5.75 Å². The summed E-state index contributed by atoms with van der Waals surface area (Å²) in [5.41, 5.74) is 1.18. The molecule has 0 unspecified atom stereocenters. The van der Waals surface area contributed by atoms with Crippen LogP contribution >= 0.6 is 11.6 Å². The molecule has 0 N–H and O–H groups in total. The van der Waals surface area contributed by atoms with Crippen LogP contribution in [0.2, 0.25) is 5.02 Å². The largest absolute Gasteiger partial charge is 0.497 e. The molecule has 0 saturated carbocycles. The highest BCUT2D eigenvalue weighted by Crippen LogP contribution is 2.29. The molecule has 25 heavy (non-hydrogen) atoms. The van der Waals surface area contributed by atoms with E-state index in [9.17, 15) is 9.59 Å². The number of fused-ring (bicyclic) bond motifs is 2. The van der Waals surface area contributed by atoms with Crippen LogP contribution in [0.15, 0.2) is 51.7 Å². The van der Waals surface area contributed by atoms with E-state index in [1.165, 1.54) is 0 Å². The first-order valence-corrected chi connectivity index (χ1v) is 8.18. The monoisotopic (exact) mass is 355 g/mol. The molecule has 1 aliphatic rings. The molecule has 0 saturated heterocycles. The number of ether oxygens (including phenoxy) is 1. The summed E-state index contributed by atoms with van der Waals surface area (Å²) >= 11 is 6.13. The van der Waals surface area contributed by atoms with Crippen LogP contribution in [0.25, 0.3) is 11.0 Å². The minimum atomic E-state index is -0.342. The fraction of sp³-hybridized carbons (Fsp3) is 0.158. The van der Waals surface area contributed by atoms with Gasteiger partial charge in [-0.25, -0.2) is 0 Å². The lowest BCUT2D eigenvalue weighted by Crippen LogP contribution is -2.40. The zero-order valence-electron chi connectivity index (χ0n) is 13.4. The maximum Gasteiger partial charge on any atom is 0.294 e. The summed E-state index contributed by atoms with van der Waals surface area (Å²) in [4.78, 5) is 27.2. The number of hydrogen-bond acceptors (Lipinski definition) is 4. The second-order valence-electron chi connectivity index (χ2n) is 5.76. The SMILES string of the molecule is COc1ccc(N2CCc3c(oc4c(Cl)cccc4c3=O)C2=O)cc1. The Labute approximate surface area is 148 Å². The number of carbonyl (C=O) groups excluding carboxylic acids is 1. The molecule has 2 heterocycles. The molecule has 1 amide bonds. The Kier molecular flexibility index (Phi) is 3.73. The Bertz CT molecular complexity index is 1040. The van der Waals surface area contributed by atoms with Gasteiger partial charge in [-0.05, 0) is 42.8 Å². The molecule has 0 aliphatic carbocycles. The quantitative estimate of drug-likeness (QED) is 0.704. The van der Waals surface area contributed by atoms with Crippen LogP contribution in [0, 0.1) is 0 Å². The number of para-hydroxylation sites is 1. The molecule has 5 nitrogen and oxygen atoms in total. The third-order valence-electron chi connectivity index (χ3n) is 4.37. The minimum Gasteiger partial charge on any atom is -0.497 e. The molecule has 0 radical (unpaired) electrons. The van der Waals surface area contributed by atoms with Crippen molar-refractivity contribution < 1.29 is 13.9 Å². The van der Waals surface area contributed by atoms with Crippen molar-refractivity contribution in [2.45, 2.75) is 6.42 Å². The Morgan fingerprint density at radius 2 is 1.88 bits per heavy atom. The van der Waals surface area contributed by atoms with Gasteiger partial charge in [0, 0.05) is 12.2 Å². The molecule has 0 fully saturated rings. The summed E-state index contributed by atoms with van der Waals surface area (Å²) in [5.74, 6) is 0.427. The fourth-order valence-electron chi connectivity index (χ4n) is 3.08. The van der Waals surface area contributed by atoms with Crippen LogP contribution in [0.1, 0.15) is 16.1 Å². The van der Waals surface area contributed by atoms with Crippen molar-refractivity contribution in [3.63, 3.8) is 0 Å². The maximum atomic E-state index is 12.9. The van der Waals surface area contributed by atoms with Gasteiger partial charge >= 0.3 is 0 Å². The average Bonchev–Trinajstić information content (AvgIpc) is 2.64. The van der Waals surface area contributed by atoms with Crippen molar-refractivity contribution in [1.29, 1.82) is 0 Å². The van der Waals surface area contributed by atoms with Crippen LogP contribution in [0.4, 0.5) is 5.69 Å². The molecule has 0 bridgehead atoms. The lowest BCUT2D eigenvalue weighted by atomic mass is 10.0. The van der Waals surface area contributed by atoms with Crippen molar-refractivity contribution in [1.82, 2.24) is 0 Å². The molecule has 6 heteroatoms. The number of hydrogen-bond donors (Lipinski definition) is 0. The molecule has 0 spiro atoms. The Hall–Kier alpha value is -2.79. The van der Waals surface area contributed by atoms with Gasteiger partial charge < -0.3 is 14.1 Å². The molecule has 2 aromatic carbocycles. The van der Waals surface area contributed by atoms with Gasteiger partial charge in [-0.15, -0.1) is 0 Å². The van der Waals surface area contributed by atoms with E-state index < -0.39 is 0 Å². The zero-order valence-corrected chi connectivity index (χ0v) is 14.2. The topological polar surface area (TPSA) is 59.8 Å². The molecular weight excluding hydrogens is 342 g/mol. The van der Waals surface area contributed by atoms with E-state index in [0.717, 1.165) is 5.69 Å². The van der Waals surface area contributed by atoms with Gasteiger partial charge in [-0.3, -0.25) is 9.59 Å². The minimum absolute atomic E-state index is 0.0627. The number of benzene rings is 2. The first kappa shape index (κ1) is 15.7. The van der Waals surface area contributed by atoms with E-state index >= 15 is 0 Å². The molecule has 3 aromatic rings. The standard InChI is InChI=1S/C19H14ClNO4/c1-24-12-7-5-11(6-8-12)21-10-9-14-16(22)13-3-2-4-15(20)17(13)25-18(14)19(21)23/h2-8H,9-10H2,1H3. The maximum absolute atomic E-state index is 12.9. The Morgan fingerprint density at radius 1 is 1.12 bits per heavy atom. The number of nitrogens with zero attached hydrogens (tertiary/aromatic N) is 1. The van der Waals surface area contributed by atoms with Crippen LogP contribution in [0.3, 0.4) is 0 Å². The van der Waals surface area contributed by atoms with E-state index in [1.54, 1.807) is 54.5 Å². The normalized spacial score (nSPS) is 13.8. The second-order valence-corrected chi connectivity index (χ2v) is 6.17. The molecule has 126 valence electrons. The average molecular weight is 356 g/mol. The van der Waals surface area contributed by atoms with Crippen molar-refractivity contribution in [2.24, 2.45) is 0 Å². The number of methoxy groups -OCH3 is 1. The summed E-state index contributed by atoms with van der Waals surface area (Å²) < 4.78 is 10.9. The smallest absolute Gasteiger partial charge is 0.294 e. The fourth-order valence-corrected chi connectivity index (χ4v) is 3.29. The summed E-state index contributed by atoms with van der Waals surface area (Å²) in [6, 6.07) is 12.2. The van der Waals surface area contributed by atoms with Crippen LogP contribution in [-0.2, 0) is 6.42 Å². The highest BCUT2D eigenvalue weighted by Gasteiger charge is 2.31. The molecule has 0 atom stereocenters. The van der Waals surface area contributed by atoms with Gasteiger partial charge in [-0.2, -0.15) is 0 Å². The third kappa shape index (κ3) is 2.48. The van der Waals surface area contributed by atoms with E-state index in [0.29, 0.717) is 34.7 Å². The second kappa shape index (κ2) is 5.93. The van der Waals surface area contributed by atoms with Crippen molar-refractivity contribution in [2.75, 3.05) is 18.6 Å². The van der Waals surface area contributed by atoms with E-state index in [2.05, 4.69) is 0 Å². The van der Waals surface area contributed by atoms with Crippen molar-refractivity contribution >= 4 is 34.2 Å². The molecule has 4 rings (SSSR count).